The van der Waals surface area contributed by atoms with Gasteiger partial charge in [-0.3, -0.25) is 4.79 Å². The normalized spacial score (nSPS) is 23.3. The number of carbonyl (C=O) groups excluding carboxylic acids is 1. The minimum absolute atomic E-state index is 0.241. The van der Waals surface area contributed by atoms with Crippen molar-refractivity contribution >= 4 is 5.97 Å². The molecule has 23 heavy (non-hydrogen) atoms. The zero-order chi connectivity index (χ0) is 17.7. The van der Waals surface area contributed by atoms with Crippen LogP contribution in [0.2, 0.25) is 0 Å². The Balaban J connectivity index is 2.38. The van der Waals surface area contributed by atoms with Crippen LogP contribution < -0.4 is 0 Å². The molecule has 0 saturated carbocycles. The van der Waals surface area contributed by atoms with E-state index in [4.69, 9.17) is 18.9 Å². The molecule has 3 atom stereocenters. The highest BCUT2D eigenvalue weighted by atomic mass is 16.7. The van der Waals surface area contributed by atoms with E-state index in [1.807, 2.05) is 34.6 Å². The van der Waals surface area contributed by atoms with Gasteiger partial charge in [-0.05, 0) is 34.6 Å². The lowest BCUT2D eigenvalue weighted by Crippen LogP contribution is -2.41. The molecule has 6 nitrogen and oxygen atoms in total. The van der Waals surface area contributed by atoms with Gasteiger partial charge < -0.3 is 24.1 Å². The zero-order valence-electron chi connectivity index (χ0n) is 14.8. The van der Waals surface area contributed by atoms with Crippen LogP contribution in [0.5, 0.6) is 0 Å². The van der Waals surface area contributed by atoms with Crippen molar-refractivity contribution in [2.75, 3.05) is 19.8 Å². The maximum absolute atomic E-state index is 11.6. The summed E-state index contributed by atoms with van der Waals surface area (Å²) < 4.78 is 22.1. The molecule has 0 spiro atoms. The van der Waals surface area contributed by atoms with Gasteiger partial charge in [0.25, 0.3) is 0 Å². The molecule has 0 aromatic carbocycles. The summed E-state index contributed by atoms with van der Waals surface area (Å²) in [5.74, 6) is -0.926. The van der Waals surface area contributed by atoms with Gasteiger partial charge in [0.15, 0.2) is 5.79 Å². The summed E-state index contributed by atoms with van der Waals surface area (Å²) in [6, 6.07) is 0. The van der Waals surface area contributed by atoms with E-state index >= 15 is 0 Å². The average Bonchev–Trinajstić information content (AvgIpc) is 2.80. The standard InChI is InChI=1S/C17H30O6/c1-7-12(18)14(13-11-22-17(5,6)23-13)20-9-8-10-21-15(19)16(2,3)4/h7,12-14,18H,1,8-11H2,2-6H3/t12-,13+,14-/m0/s1. The molecule has 1 aliphatic rings. The Morgan fingerprint density at radius 2 is 2.09 bits per heavy atom. The van der Waals surface area contributed by atoms with Crippen molar-refractivity contribution in [3.05, 3.63) is 12.7 Å². The Morgan fingerprint density at radius 1 is 1.43 bits per heavy atom. The topological polar surface area (TPSA) is 74.2 Å². The first-order valence-corrected chi connectivity index (χ1v) is 7.98. The molecule has 0 radical (unpaired) electrons. The summed E-state index contributed by atoms with van der Waals surface area (Å²) in [7, 11) is 0. The molecule has 0 aromatic heterocycles. The van der Waals surface area contributed by atoms with E-state index in [0.717, 1.165) is 0 Å². The second-order valence-corrected chi connectivity index (χ2v) is 7.17. The Labute approximate surface area is 138 Å². The molecule has 1 aliphatic heterocycles. The second-order valence-electron chi connectivity index (χ2n) is 7.17. The van der Waals surface area contributed by atoms with Gasteiger partial charge in [0.1, 0.15) is 18.3 Å². The molecule has 0 amide bonds. The Morgan fingerprint density at radius 3 is 2.57 bits per heavy atom. The quantitative estimate of drug-likeness (QED) is 0.417. The van der Waals surface area contributed by atoms with Crippen LogP contribution in [0.25, 0.3) is 0 Å². The van der Waals surface area contributed by atoms with Crippen LogP contribution in [0.3, 0.4) is 0 Å². The highest BCUT2D eigenvalue weighted by Gasteiger charge is 2.40. The van der Waals surface area contributed by atoms with Crippen LogP contribution in [-0.2, 0) is 23.7 Å². The number of rotatable bonds is 8. The molecule has 134 valence electrons. The van der Waals surface area contributed by atoms with Gasteiger partial charge in [-0.1, -0.05) is 6.08 Å². The van der Waals surface area contributed by atoms with Gasteiger partial charge in [0, 0.05) is 6.42 Å². The van der Waals surface area contributed by atoms with E-state index < -0.39 is 23.4 Å². The molecule has 1 rings (SSSR count). The molecule has 6 heteroatoms. The summed E-state index contributed by atoms with van der Waals surface area (Å²) >= 11 is 0. The van der Waals surface area contributed by atoms with E-state index in [1.165, 1.54) is 6.08 Å². The number of aliphatic hydroxyl groups excluding tert-OH is 1. The predicted molar refractivity (Wildman–Crippen MR) is 85.9 cm³/mol. The zero-order valence-corrected chi connectivity index (χ0v) is 14.8. The molecule has 0 aliphatic carbocycles. The lowest BCUT2D eigenvalue weighted by atomic mass is 9.97. The molecule has 0 bridgehead atoms. The lowest BCUT2D eigenvalue weighted by molar-refractivity contribution is -0.167. The molecule has 1 N–H and O–H groups in total. The van der Waals surface area contributed by atoms with Gasteiger partial charge in [-0.15, -0.1) is 6.58 Å². The molecular weight excluding hydrogens is 300 g/mol. The van der Waals surface area contributed by atoms with Crippen molar-refractivity contribution in [3.63, 3.8) is 0 Å². The first-order chi connectivity index (χ1) is 10.6. The summed E-state index contributed by atoms with van der Waals surface area (Å²) in [4.78, 5) is 11.6. The van der Waals surface area contributed by atoms with Crippen LogP contribution >= 0.6 is 0 Å². The Kier molecular flexibility index (Phi) is 7.20. The largest absolute Gasteiger partial charge is 0.465 e. The van der Waals surface area contributed by atoms with E-state index in [2.05, 4.69) is 6.58 Å². The third-order valence-electron chi connectivity index (χ3n) is 3.42. The fourth-order valence-electron chi connectivity index (χ4n) is 2.10. The number of hydrogen-bond acceptors (Lipinski definition) is 6. The molecule has 0 aromatic rings. The van der Waals surface area contributed by atoms with E-state index in [0.29, 0.717) is 19.6 Å². The first kappa shape index (κ1) is 20.1. The van der Waals surface area contributed by atoms with Gasteiger partial charge in [-0.2, -0.15) is 0 Å². The SMILES string of the molecule is C=C[C@H](O)[C@H](OCCCOC(=O)C(C)(C)C)[C@H]1COC(C)(C)O1. The highest BCUT2D eigenvalue weighted by molar-refractivity contribution is 5.75. The van der Waals surface area contributed by atoms with Crippen molar-refractivity contribution in [3.8, 4) is 0 Å². The number of hydrogen-bond donors (Lipinski definition) is 1. The third kappa shape index (κ3) is 6.59. The number of esters is 1. The highest BCUT2D eigenvalue weighted by Crippen LogP contribution is 2.27. The maximum Gasteiger partial charge on any atom is 0.311 e. The van der Waals surface area contributed by atoms with Crippen LogP contribution in [0, 0.1) is 5.41 Å². The van der Waals surface area contributed by atoms with Crippen molar-refractivity contribution in [1.82, 2.24) is 0 Å². The fraction of sp³-hybridized carbons (Fsp3) is 0.824. The first-order valence-electron chi connectivity index (χ1n) is 7.98. The molecule has 1 heterocycles. The second kappa shape index (κ2) is 8.24. The Hall–Kier alpha value is -0.950. The molecule has 1 fully saturated rings. The average molecular weight is 330 g/mol. The van der Waals surface area contributed by atoms with Gasteiger partial charge in [0.2, 0.25) is 0 Å². The summed E-state index contributed by atoms with van der Waals surface area (Å²) in [5.41, 5.74) is -0.511. The van der Waals surface area contributed by atoms with Crippen LogP contribution in [0.4, 0.5) is 0 Å². The van der Waals surface area contributed by atoms with E-state index in [1.54, 1.807) is 0 Å². The van der Waals surface area contributed by atoms with Gasteiger partial charge in [0.05, 0.1) is 25.2 Å². The van der Waals surface area contributed by atoms with Gasteiger partial charge >= 0.3 is 5.97 Å². The number of ether oxygens (including phenoxy) is 4. The van der Waals surface area contributed by atoms with E-state index in [9.17, 15) is 9.90 Å². The fourth-order valence-corrected chi connectivity index (χ4v) is 2.10. The van der Waals surface area contributed by atoms with Crippen molar-refractivity contribution in [2.24, 2.45) is 5.41 Å². The lowest BCUT2D eigenvalue weighted by Gasteiger charge is -2.27. The smallest absolute Gasteiger partial charge is 0.311 e. The Bertz CT molecular complexity index is 398. The minimum Gasteiger partial charge on any atom is -0.465 e. The van der Waals surface area contributed by atoms with Crippen LogP contribution in [0.15, 0.2) is 12.7 Å². The summed E-state index contributed by atoms with van der Waals surface area (Å²) in [5, 5.41) is 10.0. The third-order valence-corrected chi connectivity index (χ3v) is 3.42. The van der Waals surface area contributed by atoms with Crippen LogP contribution in [0.1, 0.15) is 41.0 Å². The van der Waals surface area contributed by atoms with Crippen molar-refractivity contribution < 1.29 is 28.8 Å². The van der Waals surface area contributed by atoms with Crippen LogP contribution in [-0.4, -0.2) is 55.0 Å². The van der Waals surface area contributed by atoms with E-state index in [-0.39, 0.29) is 18.7 Å². The molecule has 1 saturated heterocycles. The monoisotopic (exact) mass is 330 g/mol. The van der Waals surface area contributed by atoms with Gasteiger partial charge in [-0.25, -0.2) is 0 Å². The number of aliphatic hydroxyl groups is 1. The molecular formula is C17H30O6. The van der Waals surface area contributed by atoms with Crippen molar-refractivity contribution in [1.29, 1.82) is 0 Å². The predicted octanol–water partition coefficient (Wildman–Crippen LogP) is 2.05. The van der Waals surface area contributed by atoms with Crippen molar-refractivity contribution in [2.45, 2.75) is 65.1 Å². The molecule has 0 unspecified atom stereocenters. The summed E-state index contributed by atoms with van der Waals surface area (Å²) in [6.45, 7) is 13.6. The maximum atomic E-state index is 11.6. The summed E-state index contributed by atoms with van der Waals surface area (Å²) in [6.07, 6.45) is 0.176. The number of carbonyl (C=O) groups is 1. The minimum atomic E-state index is -0.852.